The Morgan fingerprint density at radius 2 is 1.71 bits per heavy atom. The normalized spacial score (nSPS) is 10.7. The van der Waals surface area contributed by atoms with Crippen LogP contribution in [0.25, 0.3) is 0 Å². The Labute approximate surface area is 140 Å². The van der Waals surface area contributed by atoms with Crippen LogP contribution in [0.1, 0.15) is 11.1 Å². The third kappa shape index (κ3) is 4.68. The van der Waals surface area contributed by atoms with E-state index < -0.39 is 0 Å². The van der Waals surface area contributed by atoms with Gasteiger partial charge in [-0.25, -0.2) is 4.39 Å². The molecule has 3 aromatic carbocycles. The highest BCUT2D eigenvalue weighted by Gasteiger charge is 1.98. The van der Waals surface area contributed by atoms with Gasteiger partial charge in [-0.1, -0.05) is 42.5 Å². The van der Waals surface area contributed by atoms with Gasteiger partial charge in [0.1, 0.15) is 18.2 Å². The molecule has 1 N–H and O–H groups in total. The molecule has 0 aliphatic carbocycles. The van der Waals surface area contributed by atoms with Crippen LogP contribution < -0.4 is 10.2 Å². The van der Waals surface area contributed by atoms with Crippen molar-refractivity contribution in [2.45, 2.75) is 6.61 Å². The predicted molar refractivity (Wildman–Crippen MR) is 94.8 cm³/mol. The van der Waals surface area contributed by atoms with Gasteiger partial charge in [0.25, 0.3) is 0 Å². The van der Waals surface area contributed by atoms with Crippen LogP contribution in [0, 0.1) is 5.82 Å². The van der Waals surface area contributed by atoms with Crippen molar-refractivity contribution >= 4 is 11.9 Å². The molecule has 24 heavy (non-hydrogen) atoms. The number of hydrogen-bond donors (Lipinski definition) is 1. The van der Waals surface area contributed by atoms with Gasteiger partial charge in [-0.15, -0.1) is 0 Å². The summed E-state index contributed by atoms with van der Waals surface area (Å²) in [7, 11) is 0. The topological polar surface area (TPSA) is 33.6 Å². The van der Waals surface area contributed by atoms with E-state index in [1.165, 1.54) is 12.1 Å². The SMILES string of the molecule is Fc1ccc(COc2cccc(/C=N/Nc3ccccc3)c2)cc1. The summed E-state index contributed by atoms with van der Waals surface area (Å²) in [5.41, 5.74) is 5.74. The first-order valence-electron chi connectivity index (χ1n) is 7.61. The fraction of sp³-hybridized carbons (Fsp3) is 0.0500. The van der Waals surface area contributed by atoms with Gasteiger partial charge in [0.2, 0.25) is 0 Å². The Morgan fingerprint density at radius 1 is 0.917 bits per heavy atom. The van der Waals surface area contributed by atoms with Gasteiger partial charge in [-0.05, 0) is 47.5 Å². The van der Waals surface area contributed by atoms with Crippen molar-refractivity contribution in [3.05, 3.63) is 95.8 Å². The zero-order chi connectivity index (χ0) is 16.6. The van der Waals surface area contributed by atoms with E-state index in [-0.39, 0.29) is 5.82 Å². The maximum atomic E-state index is 12.9. The van der Waals surface area contributed by atoms with Gasteiger partial charge in [0.15, 0.2) is 0 Å². The number of hydrazone groups is 1. The van der Waals surface area contributed by atoms with Gasteiger partial charge in [-0.3, -0.25) is 5.43 Å². The Kier molecular flexibility index (Phi) is 5.20. The van der Waals surface area contributed by atoms with E-state index >= 15 is 0 Å². The predicted octanol–water partition coefficient (Wildman–Crippen LogP) is 4.85. The standard InChI is InChI=1S/C20H17FN2O/c21-18-11-9-16(10-12-18)15-24-20-8-4-5-17(13-20)14-22-23-19-6-2-1-3-7-19/h1-14,23H,15H2/b22-14+. The molecule has 0 saturated carbocycles. The van der Waals surface area contributed by atoms with Crippen LogP contribution in [0.15, 0.2) is 84.0 Å². The number of anilines is 1. The minimum atomic E-state index is -0.247. The van der Waals surface area contributed by atoms with Crippen LogP contribution in [0.2, 0.25) is 0 Å². The number of nitrogens with one attached hydrogen (secondary N) is 1. The molecule has 3 aromatic rings. The highest BCUT2D eigenvalue weighted by molar-refractivity contribution is 5.80. The number of rotatable bonds is 6. The summed E-state index contributed by atoms with van der Waals surface area (Å²) >= 11 is 0. The molecule has 0 saturated heterocycles. The fourth-order valence-electron chi connectivity index (χ4n) is 2.13. The molecule has 0 aromatic heterocycles. The second-order valence-corrected chi connectivity index (χ2v) is 5.22. The summed E-state index contributed by atoms with van der Waals surface area (Å²) in [5, 5.41) is 4.21. The molecule has 3 rings (SSSR count). The average Bonchev–Trinajstić information content (AvgIpc) is 2.63. The lowest BCUT2D eigenvalue weighted by Gasteiger charge is -2.07. The van der Waals surface area contributed by atoms with E-state index in [0.717, 1.165) is 22.6 Å². The van der Waals surface area contributed by atoms with Gasteiger partial charge >= 0.3 is 0 Å². The number of hydrogen-bond acceptors (Lipinski definition) is 3. The fourth-order valence-corrected chi connectivity index (χ4v) is 2.13. The summed E-state index contributed by atoms with van der Waals surface area (Å²) in [4.78, 5) is 0. The molecule has 0 fully saturated rings. The van der Waals surface area contributed by atoms with E-state index in [9.17, 15) is 4.39 Å². The second kappa shape index (κ2) is 7.92. The summed E-state index contributed by atoms with van der Waals surface area (Å²) in [6.07, 6.45) is 1.73. The van der Waals surface area contributed by atoms with Gasteiger partial charge in [0, 0.05) is 0 Å². The summed E-state index contributed by atoms with van der Waals surface area (Å²) in [5.74, 6) is 0.492. The minimum Gasteiger partial charge on any atom is -0.489 e. The molecule has 0 bridgehead atoms. The molecule has 3 nitrogen and oxygen atoms in total. The molecule has 0 unspecified atom stereocenters. The molecule has 0 heterocycles. The first kappa shape index (κ1) is 15.7. The highest BCUT2D eigenvalue weighted by Crippen LogP contribution is 2.15. The van der Waals surface area contributed by atoms with Gasteiger partial charge in [-0.2, -0.15) is 5.10 Å². The monoisotopic (exact) mass is 320 g/mol. The third-order valence-corrected chi connectivity index (χ3v) is 3.36. The Hall–Kier alpha value is -3.14. The van der Waals surface area contributed by atoms with E-state index in [4.69, 9.17) is 4.74 Å². The maximum absolute atomic E-state index is 12.9. The Bertz CT molecular complexity index is 801. The van der Waals surface area contributed by atoms with E-state index in [0.29, 0.717) is 6.61 Å². The number of ether oxygens (including phenoxy) is 1. The molecule has 0 aliphatic heterocycles. The van der Waals surface area contributed by atoms with Crippen LogP contribution in [0.3, 0.4) is 0 Å². The van der Waals surface area contributed by atoms with E-state index in [1.807, 2.05) is 54.6 Å². The molecule has 0 aliphatic rings. The quantitative estimate of drug-likeness (QED) is 0.520. The van der Waals surface area contributed by atoms with Crippen molar-refractivity contribution in [1.29, 1.82) is 0 Å². The number of nitrogens with zero attached hydrogens (tertiary/aromatic N) is 1. The molecule has 4 heteroatoms. The van der Waals surface area contributed by atoms with Crippen molar-refractivity contribution in [3.63, 3.8) is 0 Å². The van der Waals surface area contributed by atoms with Crippen molar-refractivity contribution < 1.29 is 9.13 Å². The largest absolute Gasteiger partial charge is 0.489 e. The summed E-state index contributed by atoms with van der Waals surface area (Å²) in [6.45, 7) is 0.392. The van der Waals surface area contributed by atoms with Crippen molar-refractivity contribution in [2.24, 2.45) is 5.10 Å². The molecule has 0 amide bonds. The van der Waals surface area contributed by atoms with Crippen molar-refractivity contribution in [1.82, 2.24) is 0 Å². The van der Waals surface area contributed by atoms with Crippen LogP contribution in [-0.4, -0.2) is 6.21 Å². The summed E-state index contributed by atoms with van der Waals surface area (Å²) < 4.78 is 18.6. The highest BCUT2D eigenvalue weighted by atomic mass is 19.1. The van der Waals surface area contributed by atoms with Gasteiger partial charge in [0.05, 0.1) is 11.9 Å². The molecular weight excluding hydrogens is 303 g/mol. The molecular formula is C20H17FN2O. The van der Waals surface area contributed by atoms with Crippen LogP contribution in [0.4, 0.5) is 10.1 Å². The van der Waals surface area contributed by atoms with Crippen LogP contribution in [-0.2, 0) is 6.61 Å². The minimum absolute atomic E-state index is 0.247. The first-order chi connectivity index (χ1) is 11.8. The lowest BCUT2D eigenvalue weighted by Crippen LogP contribution is -1.96. The lowest BCUT2D eigenvalue weighted by molar-refractivity contribution is 0.306. The lowest BCUT2D eigenvalue weighted by atomic mass is 10.2. The number of benzene rings is 3. The van der Waals surface area contributed by atoms with Gasteiger partial charge < -0.3 is 4.74 Å². The number of para-hydroxylation sites is 1. The number of halogens is 1. The molecule has 0 radical (unpaired) electrons. The van der Waals surface area contributed by atoms with Crippen LogP contribution in [0.5, 0.6) is 5.75 Å². The van der Waals surface area contributed by atoms with Crippen LogP contribution >= 0.6 is 0 Å². The molecule has 0 atom stereocenters. The van der Waals surface area contributed by atoms with E-state index in [2.05, 4.69) is 10.5 Å². The zero-order valence-corrected chi connectivity index (χ0v) is 13.0. The Morgan fingerprint density at radius 3 is 2.50 bits per heavy atom. The molecule has 0 spiro atoms. The Balaban J connectivity index is 1.58. The third-order valence-electron chi connectivity index (χ3n) is 3.36. The van der Waals surface area contributed by atoms with E-state index in [1.54, 1.807) is 18.3 Å². The average molecular weight is 320 g/mol. The first-order valence-corrected chi connectivity index (χ1v) is 7.61. The smallest absolute Gasteiger partial charge is 0.123 e. The molecule has 120 valence electrons. The second-order valence-electron chi connectivity index (χ2n) is 5.22. The zero-order valence-electron chi connectivity index (χ0n) is 13.0. The van der Waals surface area contributed by atoms with Crippen molar-refractivity contribution in [3.8, 4) is 5.75 Å². The summed E-state index contributed by atoms with van der Waals surface area (Å²) in [6, 6.07) is 23.7. The van der Waals surface area contributed by atoms with Crippen molar-refractivity contribution in [2.75, 3.05) is 5.43 Å². The maximum Gasteiger partial charge on any atom is 0.123 e.